The van der Waals surface area contributed by atoms with E-state index in [4.69, 9.17) is 9.73 Å². The van der Waals surface area contributed by atoms with E-state index in [0.717, 1.165) is 38.9 Å². The van der Waals surface area contributed by atoms with Crippen LogP contribution in [0.5, 0.6) is 5.75 Å². The summed E-state index contributed by atoms with van der Waals surface area (Å²) in [5, 5.41) is 4.04. The zero-order valence-corrected chi connectivity index (χ0v) is 25.8. The molecule has 4 aromatic carbocycles. The highest BCUT2D eigenvalue weighted by Gasteiger charge is 2.32. The summed E-state index contributed by atoms with van der Waals surface area (Å²) < 4.78 is 7.57. The van der Waals surface area contributed by atoms with Gasteiger partial charge in [0.25, 0.3) is 11.5 Å². The average Bonchev–Trinajstić information content (AvgIpc) is 3.59. The van der Waals surface area contributed by atoms with E-state index >= 15 is 0 Å². The lowest BCUT2D eigenvalue weighted by atomic mass is 9.95. The van der Waals surface area contributed by atoms with Crippen molar-refractivity contribution in [3.8, 4) is 17.0 Å². The molecule has 0 saturated heterocycles. The lowest BCUT2D eigenvalue weighted by molar-refractivity contribution is -0.113. The zero-order valence-electron chi connectivity index (χ0n) is 25.0. The number of thiazole rings is 1. The molecule has 0 unspecified atom stereocenters. The Balaban J connectivity index is 1.43. The standard InChI is InChI=1S/C37H30N4O3S/c1-22-11-10-16-28-29(33(40-32(22)28)24-12-6-4-7-13-24)21-30-36(43)41-34(25-17-19-27(44-3)20-18-25)31(23(2)38-37(41)45-30)35(42)39-26-14-8-5-9-15-26/h4-21,34,40H,1-3H3,(H,39,42)/b30-21+/t34-/m0/s1. The van der Waals surface area contributed by atoms with E-state index in [1.807, 2.05) is 91.9 Å². The fourth-order valence-electron chi connectivity index (χ4n) is 5.93. The molecule has 1 atom stereocenters. The number of rotatable bonds is 6. The SMILES string of the molecule is COc1ccc([C@H]2C(C(=O)Nc3ccccc3)=C(C)N=c3s/c(=C/c4c(-c5ccccc5)[nH]c5c(C)cccc45)c(=O)n32)cc1. The number of methoxy groups -OCH3 is 1. The maximum absolute atomic E-state index is 14.4. The van der Waals surface area contributed by atoms with Gasteiger partial charge in [-0.05, 0) is 60.9 Å². The van der Waals surface area contributed by atoms with Gasteiger partial charge < -0.3 is 15.0 Å². The van der Waals surface area contributed by atoms with E-state index in [0.29, 0.717) is 32.0 Å². The maximum atomic E-state index is 14.4. The Labute approximate surface area is 263 Å². The number of aryl methyl sites for hydroxylation is 1. The molecule has 7 nitrogen and oxygen atoms in total. The lowest BCUT2D eigenvalue weighted by Crippen LogP contribution is -2.40. The number of aromatic amines is 1. The van der Waals surface area contributed by atoms with Gasteiger partial charge >= 0.3 is 0 Å². The molecule has 0 saturated carbocycles. The molecular formula is C37H30N4O3S. The molecule has 0 radical (unpaired) electrons. The first-order valence-corrected chi connectivity index (χ1v) is 15.4. The highest BCUT2D eigenvalue weighted by atomic mass is 32.1. The quantitative estimate of drug-likeness (QED) is 0.231. The Morgan fingerprint density at radius 1 is 0.933 bits per heavy atom. The number of H-pyrrole nitrogens is 1. The molecule has 1 aliphatic heterocycles. The minimum atomic E-state index is -0.683. The van der Waals surface area contributed by atoms with Crippen LogP contribution in [0.1, 0.15) is 29.7 Å². The molecular weight excluding hydrogens is 580 g/mol. The summed E-state index contributed by atoms with van der Waals surface area (Å²) in [6, 6.07) is 32.4. The van der Waals surface area contributed by atoms with Crippen molar-refractivity contribution in [1.29, 1.82) is 0 Å². The van der Waals surface area contributed by atoms with Gasteiger partial charge in [-0.15, -0.1) is 0 Å². The number of amides is 1. The van der Waals surface area contributed by atoms with E-state index < -0.39 is 6.04 Å². The van der Waals surface area contributed by atoms with Gasteiger partial charge in [-0.2, -0.15) is 0 Å². The summed E-state index contributed by atoms with van der Waals surface area (Å²) >= 11 is 1.33. The third kappa shape index (κ3) is 5.09. The van der Waals surface area contributed by atoms with Crippen LogP contribution < -0.4 is 24.9 Å². The Hall–Kier alpha value is -5.47. The van der Waals surface area contributed by atoms with Crippen molar-refractivity contribution in [1.82, 2.24) is 9.55 Å². The van der Waals surface area contributed by atoms with Crippen LogP contribution in [0.4, 0.5) is 5.69 Å². The van der Waals surface area contributed by atoms with Crippen LogP contribution in [0.3, 0.4) is 0 Å². The Morgan fingerprint density at radius 3 is 2.36 bits per heavy atom. The van der Waals surface area contributed by atoms with Gasteiger partial charge in [0.15, 0.2) is 4.80 Å². The van der Waals surface area contributed by atoms with Crippen LogP contribution in [-0.4, -0.2) is 22.6 Å². The number of benzene rings is 4. The Morgan fingerprint density at radius 2 is 1.64 bits per heavy atom. The highest BCUT2D eigenvalue weighted by Crippen LogP contribution is 2.34. The number of hydrogen-bond donors (Lipinski definition) is 2. The normalized spacial score (nSPS) is 14.7. The van der Waals surface area contributed by atoms with Gasteiger partial charge in [0.2, 0.25) is 0 Å². The number of allylic oxidation sites excluding steroid dienone is 1. The minimum Gasteiger partial charge on any atom is -0.497 e. The van der Waals surface area contributed by atoms with E-state index in [1.54, 1.807) is 11.7 Å². The van der Waals surface area contributed by atoms with Crippen molar-refractivity contribution in [2.45, 2.75) is 19.9 Å². The largest absolute Gasteiger partial charge is 0.497 e. The fraction of sp³-hybridized carbons (Fsp3) is 0.108. The average molecular weight is 611 g/mol. The van der Waals surface area contributed by atoms with Crippen LogP contribution >= 0.6 is 11.3 Å². The third-order valence-corrected chi connectivity index (χ3v) is 9.13. The number of para-hydroxylation sites is 2. The third-order valence-electron chi connectivity index (χ3n) is 8.15. The molecule has 6 aromatic rings. The van der Waals surface area contributed by atoms with Crippen LogP contribution in [0.25, 0.3) is 28.2 Å². The summed E-state index contributed by atoms with van der Waals surface area (Å²) in [5.41, 5.74) is 7.26. The molecule has 8 heteroatoms. The number of carbonyl (C=O) groups excluding carboxylic acids is 1. The van der Waals surface area contributed by atoms with Crippen LogP contribution in [0.2, 0.25) is 0 Å². The number of hydrogen-bond acceptors (Lipinski definition) is 5. The summed E-state index contributed by atoms with van der Waals surface area (Å²) in [6.07, 6.45) is 1.96. The topological polar surface area (TPSA) is 88.5 Å². The van der Waals surface area contributed by atoms with Gasteiger partial charge in [0, 0.05) is 22.2 Å². The second kappa shape index (κ2) is 11.6. The van der Waals surface area contributed by atoms with Crippen LogP contribution in [-0.2, 0) is 4.79 Å². The summed E-state index contributed by atoms with van der Waals surface area (Å²) in [4.78, 5) is 37.3. The molecule has 2 N–H and O–H groups in total. The lowest BCUT2D eigenvalue weighted by Gasteiger charge is -2.25. The molecule has 222 valence electrons. The number of carbonyl (C=O) groups is 1. The summed E-state index contributed by atoms with van der Waals surface area (Å²) in [6.45, 7) is 3.90. The monoisotopic (exact) mass is 610 g/mol. The Bertz CT molecular complexity index is 2280. The first kappa shape index (κ1) is 28.3. The van der Waals surface area contributed by atoms with Gasteiger partial charge in [0.1, 0.15) is 5.75 Å². The molecule has 1 amide bonds. The van der Waals surface area contributed by atoms with Gasteiger partial charge in [-0.1, -0.05) is 90.2 Å². The number of fused-ring (bicyclic) bond motifs is 2. The molecule has 7 rings (SSSR count). The van der Waals surface area contributed by atoms with Crippen molar-refractivity contribution >= 4 is 39.9 Å². The zero-order chi connectivity index (χ0) is 31.1. The van der Waals surface area contributed by atoms with Crippen molar-refractivity contribution in [2.75, 3.05) is 12.4 Å². The van der Waals surface area contributed by atoms with Gasteiger partial charge in [-0.25, -0.2) is 4.99 Å². The fourth-order valence-corrected chi connectivity index (χ4v) is 6.96. The molecule has 0 bridgehead atoms. The molecule has 0 fully saturated rings. The predicted molar refractivity (Wildman–Crippen MR) is 180 cm³/mol. The van der Waals surface area contributed by atoms with Crippen LogP contribution in [0, 0.1) is 6.92 Å². The van der Waals surface area contributed by atoms with Crippen molar-refractivity contribution < 1.29 is 9.53 Å². The van der Waals surface area contributed by atoms with E-state index in [2.05, 4.69) is 41.5 Å². The van der Waals surface area contributed by atoms with Gasteiger partial charge in [-0.3, -0.25) is 14.2 Å². The molecule has 3 heterocycles. The highest BCUT2D eigenvalue weighted by molar-refractivity contribution is 7.07. The van der Waals surface area contributed by atoms with E-state index in [-0.39, 0.29) is 11.5 Å². The number of nitrogens with zero attached hydrogens (tertiary/aromatic N) is 2. The second-order valence-corrected chi connectivity index (χ2v) is 12.0. The van der Waals surface area contributed by atoms with Crippen LogP contribution in [0.15, 0.2) is 124 Å². The number of nitrogens with one attached hydrogen (secondary N) is 2. The number of anilines is 1. The summed E-state index contributed by atoms with van der Waals surface area (Å²) in [7, 11) is 1.61. The Kier molecular flexibility index (Phi) is 7.27. The molecule has 0 aliphatic carbocycles. The van der Waals surface area contributed by atoms with E-state index in [9.17, 15) is 9.59 Å². The number of ether oxygens (including phenoxy) is 1. The first-order valence-electron chi connectivity index (χ1n) is 14.6. The predicted octanol–water partition coefficient (Wildman–Crippen LogP) is 6.34. The second-order valence-electron chi connectivity index (χ2n) is 11.0. The molecule has 2 aromatic heterocycles. The number of aromatic nitrogens is 2. The molecule has 45 heavy (non-hydrogen) atoms. The first-order chi connectivity index (χ1) is 21.9. The van der Waals surface area contributed by atoms with Crippen molar-refractivity contribution in [2.24, 2.45) is 4.99 Å². The molecule has 1 aliphatic rings. The summed E-state index contributed by atoms with van der Waals surface area (Å²) in [5.74, 6) is 0.376. The van der Waals surface area contributed by atoms with Gasteiger partial charge in [0.05, 0.1) is 34.6 Å². The smallest absolute Gasteiger partial charge is 0.271 e. The van der Waals surface area contributed by atoms with Crippen molar-refractivity contribution in [3.05, 3.63) is 151 Å². The van der Waals surface area contributed by atoms with E-state index in [1.165, 1.54) is 11.3 Å². The maximum Gasteiger partial charge on any atom is 0.271 e. The minimum absolute atomic E-state index is 0.210. The van der Waals surface area contributed by atoms with Crippen molar-refractivity contribution in [3.63, 3.8) is 0 Å². The molecule has 0 spiro atoms.